The summed E-state index contributed by atoms with van der Waals surface area (Å²) < 4.78 is 13.3. The zero-order chi connectivity index (χ0) is 13.7. The standard InChI is InChI=1S/C15H24FN3/c1-12(2)19-8-3-6-18-15-10-14(16)5-4-13(15)11-17-7-9-19/h4-5,10,12,17-18H,3,6-9,11H2,1-2H3. The van der Waals surface area contributed by atoms with Gasteiger partial charge in [-0.3, -0.25) is 4.90 Å². The molecule has 1 aliphatic rings. The van der Waals surface area contributed by atoms with E-state index in [4.69, 9.17) is 0 Å². The molecule has 3 nitrogen and oxygen atoms in total. The van der Waals surface area contributed by atoms with Crippen LogP contribution in [0.4, 0.5) is 10.1 Å². The van der Waals surface area contributed by atoms with Crippen molar-refractivity contribution in [2.24, 2.45) is 0 Å². The van der Waals surface area contributed by atoms with Crippen molar-refractivity contribution in [3.8, 4) is 0 Å². The van der Waals surface area contributed by atoms with Crippen molar-refractivity contribution in [2.45, 2.75) is 32.9 Å². The Morgan fingerprint density at radius 2 is 2.05 bits per heavy atom. The molecular formula is C15H24FN3. The lowest BCUT2D eigenvalue weighted by atomic mass is 10.1. The van der Waals surface area contributed by atoms with Crippen molar-refractivity contribution in [1.82, 2.24) is 10.2 Å². The summed E-state index contributed by atoms with van der Waals surface area (Å²) in [6, 6.07) is 5.56. The molecule has 0 amide bonds. The average Bonchev–Trinajstić information content (AvgIpc) is 2.42. The van der Waals surface area contributed by atoms with E-state index < -0.39 is 0 Å². The summed E-state index contributed by atoms with van der Waals surface area (Å²) in [7, 11) is 0. The Balaban J connectivity index is 2.04. The molecule has 1 aromatic rings. The maximum absolute atomic E-state index is 13.3. The molecule has 1 aliphatic heterocycles. The lowest BCUT2D eigenvalue weighted by molar-refractivity contribution is 0.221. The molecule has 0 fully saturated rings. The maximum Gasteiger partial charge on any atom is 0.125 e. The first-order chi connectivity index (χ1) is 9.16. The van der Waals surface area contributed by atoms with Crippen molar-refractivity contribution in [3.63, 3.8) is 0 Å². The second-order valence-electron chi connectivity index (χ2n) is 5.39. The largest absolute Gasteiger partial charge is 0.385 e. The summed E-state index contributed by atoms with van der Waals surface area (Å²) in [6.07, 6.45) is 1.08. The number of benzene rings is 1. The first-order valence-electron chi connectivity index (χ1n) is 7.14. The van der Waals surface area contributed by atoms with Crippen LogP contribution in [0.25, 0.3) is 0 Å². The molecule has 2 rings (SSSR count). The van der Waals surface area contributed by atoms with Crippen molar-refractivity contribution >= 4 is 5.69 Å². The molecule has 0 atom stereocenters. The van der Waals surface area contributed by atoms with E-state index in [2.05, 4.69) is 29.4 Å². The van der Waals surface area contributed by atoms with Gasteiger partial charge in [-0.25, -0.2) is 4.39 Å². The van der Waals surface area contributed by atoms with Gasteiger partial charge in [-0.05, 0) is 38.0 Å². The molecule has 0 spiro atoms. The van der Waals surface area contributed by atoms with Crippen molar-refractivity contribution in [1.29, 1.82) is 0 Å². The minimum atomic E-state index is -0.176. The number of rotatable bonds is 1. The average molecular weight is 265 g/mol. The molecular weight excluding hydrogens is 241 g/mol. The molecule has 0 aliphatic carbocycles. The van der Waals surface area contributed by atoms with Crippen molar-refractivity contribution in [2.75, 3.05) is 31.5 Å². The highest BCUT2D eigenvalue weighted by molar-refractivity contribution is 5.51. The van der Waals surface area contributed by atoms with Crippen molar-refractivity contribution < 1.29 is 4.39 Å². The molecule has 19 heavy (non-hydrogen) atoms. The number of anilines is 1. The molecule has 2 N–H and O–H groups in total. The number of fused-ring (bicyclic) bond motifs is 1. The molecule has 1 heterocycles. The third kappa shape index (κ3) is 4.18. The summed E-state index contributed by atoms with van der Waals surface area (Å²) in [5.74, 6) is -0.176. The molecule has 4 heteroatoms. The SMILES string of the molecule is CC(C)N1CCCNc2cc(F)ccc2CNCC1. The normalized spacial score (nSPS) is 18.5. The summed E-state index contributed by atoms with van der Waals surface area (Å²) in [5, 5.41) is 6.79. The Morgan fingerprint density at radius 3 is 2.84 bits per heavy atom. The summed E-state index contributed by atoms with van der Waals surface area (Å²) >= 11 is 0. The van der Waals surface area contributed by atoms with Gasteiger partial charge < -0.3 is 10.6 Å². The monoisotopic (exact) mass is 265 g/mol. The van der Waals surface area contributed by atoms with Gasteiger partial charge in [0, 0.05) is 44.5 Å². The Bertz CT molecular complexity index is 406. The van der Waals surface area contributed by atoms with E-state index in [0.717, 1.165) is 50.4 Å². The van der Waals surface area contributed by atoms with Gasteiger partial charge >= 0.3 is 0 Å². The number of hydrogen-bond acceptors (Lipinski definition) is 3. The van der Waals surface area contributed by atoms with Gasteiger partial charge in [0.15, 0.2) is 0 Å². The molecule has 0 radical (unpaired) electrons. The fourth-order valence-corrected chi connectivity index (χ4v) is 2.45. The smallest absolute Gasteiger partial charge is 0.125 e. The van der Waals surface area contributed by atoms with E-state index in [1.165, 1.54) is 6.07 Å². The van der Waals surface area contributed by atoms with Crippen LogP contribution in [0.2, 0.25) is 0 Å². The van der Waals surface area contributed by atoms with Crippen LogP contribution in [-0.2, 0) is 6.54 Å². The second kappa shape index (κ2) is 6.87. The van der Waals surface area contributed by atoms with E-state index >= 15 is 0 Å². The minimum absolute atomic E-state index is 0.176. The van der Waals surface area contributed by atoms with Crippen molar-refractivity contribution in [3.05, 3.63) is 29.6 Å². The molecule has 0 saturated carbocycles. The minimum Gasteiger partial charge on any atom is -0.385 e. The van der Waals surface area contributed by atoms with Crippen LogP contribution in [0.3, 0.4) is 0 Å². The van der Waals surface area contributed by atoms with Crippen LogP contribution in [0.1, 0.15) is 25.8 Å². The van der Waals surface area contributed by atoms with Crippen LogP contribution in [-0.4, -0.2) is 37.1 Å². The van der Waals surface area contributed by atoms with Crippen LogP contribution in [0, 0.1) is 5.82 Å². The first-order valence-corrected chi connectivity index (χ1v) is 7.14. The fourth-order valence-electron chi connectivity index (χ4n) is 2.45. The summed E-state index contributed by atoms with van der Waals surface area (Å²) in [6.45, 7) is 9.25. The number of halogens is 1. The van der Waals surface area contributed by atoms with Crippen LogP contribution in [0.15, 0.2) is 18.2 Å². The van der Waals surface area contributed by atoms with Gasteiger partial charge in [-0.15, -0.1) is 0 Å². The number of nitrogens with one attached hydrogen (secondary N) is 2. The number of nitrogens with zero attached hydrogens (tertiary/aromatic N) is 1. The molecule has 0 bridgehead atoms. The Labute approximate surface area is 115 Å². The number of hydrogen-bond donors (Lipinski definition) is 2. The highest BCUT2D eigenvalue weighted by atomic mass is 19.1. The van der Waals surface area contributed by atoms with E-state index in [0.29, 0.717) is 6.04 Å². The summed E-state index contributed by atoms with van der Waals surface area (Å²) in [5.41, 5.74) is 2.06. The van der Waals surface area contributed by atoms with Gasteiger partial charge in [0.2, 0.25) is 0 Å². The first kappa shape index (κ1) is 14.3. The molecule has 0 aromatic heterocycles. The fraction of sp³-hybridized carbons (Fsp3) is 0.600. The lowest BCUT2D eigenvalue weighted by Gasteiger charge is -2.26. The van der Waals surface area contributed by atoms with E-state index in [1.54, 1.807) is 6.07 Å². The third-order valence-electron chi connectivity index (χ3n) is 3.63. The van der Waals surface area contributed by atoms with E-state index in [-0.39, 0.29) is 5.82 Å². The van der Waals surface area contributed by atoms with E-state index in [1.807, 2.05) is 6.07 Å². The van der Waals surface area contributed by atoms with Gasteiger partial charge in [0.1, 0.15) is 5.82 Å². The van der Waals surface area contributed by atoms with Gasteiger partial charge in [-0.1, -0.05) is 6.07 Å². The van der Waals surface area contributed by atoms with Gasteiger partial charge in [-0.2, -0.15) is 0 Å². The Kier molecular flexibility index (Phi) is 5.16. The van der Waals surface area contributed by atoms with Gasteiger partial charge in [0.05, 0.1) is 0 Å². The van der Waals surface area contributed by atoms with Crippen LogP contribution >= 0.6 is 0 Å². The third-order valence-corrected chi connectivity index (χ3v) is 3.63. The highest BCUT2D eigenvalue weighted by Crippen LogP contribution is 2.17. The quantitative estimate of drug-likeness (QED) is 0.816. The Hall–Kier alpha value is -1.13. The second-order valence-corrected chi connectivity index (χ2v) is 5.39. The molecule has 106 valence electrons. The topological polar surface area (TPSA) is 27.3 Å². The predicted octanol–water partition coefficient (Wildman–Crippen LogP) is 2.44. The van der Waals surface area contributed by atoms with Gasteiger partial charge in [0.25, 0.3) is 0 Å². The lowest BCUT2D eigenvalue weighted by Crippen LogP contribution is -2.37. The zero-order valence-electron chi connectivity index (χ0n) is 11.9. The zero-order valence-corrected chi connectivity index (χ0v) is 11.9. The maximum atomic E-state index is 13.3. The molecule has 1 aromatic carbocycles. The molecule has 0 saturated heterocycles. The van der Waals surface area contributed by atoms with Crippen LogP contribution < -0.4 is 10.6 Å². The Morgan fingerprint density at radius 1 is 1.21 bits per heavy atom. The highest BCUT2D eigenvalue weighted by Gasteiger charge is 2.11. The molecule has 0 unspecified atom stereocenters. The summed E-state index contributed by atoms with van der Waals surface area (Å²) in [4.78, 5) is 2.48. The van der Waals surface area contributed by atoms with Crippen LogP contribution in [0.5, 0.6) is 0 Å². The van der Waals surface area contributed by atoms with E-state index in [9.17, 15) is 4.39 Å². The predicted molar refractivity (Wildman–Crippen MR) is 77.9 cm³/mol.